The Hall–Kier alpha value is -1.50. The van der Waals surface area contributed by atoms with Gasteiger partial charge in [-0.1, -0.05) is 34.8 Å². The molecule has 3 aliphatic rings. The van der Waals surface area contributed by atoms with Crippen molar-refractivity contribution in [2.45, 2.75) is 29.5 Å². The summed E-state index contributed by atoms with van der Waals surface area (Å²) in [6.45, 7) is 1.19. The van der Waals surface area contributed by atoms with Gasteiger partial charge in [0.1, 0.15) is 4.33 Å². The number of likely N-dealkylation sites (tertiary alicyclic amines) is 1. The van der Waals surface area contributed by atoms with E-state index in [2.05, 4.69) is 5.32 Å². The van der Waals surface area contributed by atoms with Gasteiger partial charge in [0.25, 0.3) is 0 Å². The lowest BCUT2D eigenvalue weighted by molar-refractivity contribution is -0.138. The minimum atomic E-state index is -1.31. The molecule has 3 fully saturated rings. The Morgan fingerprint density at radius 3 is 2.26 bits per heavy atom. The van der Waals surface area contributed by atoms with E-state index in [0.29, 0.717) is 45.0 Å². The highest BCUT2D eigenvalue weighted by molar-refractivity contribution is 6.53. The number of anilines is 1. The molecule has 10 heteroatoms. The van der Waals surface area contributed by atoms with Crippen molar-refractivity contribution in [3.63, 3.8) is 0 Å². The van der Waals surface area contributed by atoms with Crippen molar-refractivity contribution in [3.8, 4) is 0 Å². The average Bonchev–Trinajstić information content (AvgIpc) is 3.66. The smallest absolute Gasteiger partial charge is 0.231 e. The fourth-order valence-corrected chi connectivity index (χ4v) is 6.29. The maximum atomic E-state index is 13.0. The summed E-state index contributed by atoms with van der Waals surface area (Å²) in [4.78, 5) is 39.8. The van der Waals surface area contributed by atoms with Crippen LogP contribution in [-0.4, -0.2) is 39.9 Å². The molecule has 2 aromatic rings. The number of nitrogens with one attached hydrogen (secondary N) is 1. The number of carbonyl (C=O) groups excluding carboxylic acids is 3. The molecule has 5 nitrogen and oxygen atoms in total. The Bertz CT molecular complexity index is 1200. The summed E-state index contributed by atoms with van der Waals surface area (Å²) >= 11 is 31.3. The lowest BCUT2D eigenvalue weighted by Gasteiger charge is -2.39. The van der Waals surface area contributed by atoms with Crippen LogP contribution in [0.15, 0.2) is 36.4 Å². The van der Waals surface area contributed by atoms with E-state index >= 15 is 0 Å². The molecule has 0 radical (unpaired) electrons. The molecule has 0 spiro atoms. The van der Waals surface area contributed by atoms with Gasteiger partial charge in [0.2, 0.25) is 11.8 Å². The van der Waals surface area contributed by atoms with Gasteiger partial charge < -0.3 is 10.2 Å². The Balaban J connectivity index is 1.23. The third kappa shape index (κ3) is 5.17. The first-order valence-corrected chi connectivity index (χ1v) is 13.2. The van der Waals surface area contributed by atoms with Gasteiger partial charge in [-0.15, -0.1) is 23.2 Å². The average molecular weight is 575 g/mol. The molecule has 2 unspecified atom stereocenters. The van der Waals surface area contributed by atoms with E-state index in [-0.39, 0.29) is 35.9 Å². The summed E-state index contributed by atoms with van der Waals surface area (Å²) in [6, 6.07) is 9.71. The zero-order valence-electron chi connectivity index (χ0n) is 18.4. The molecule has 1 heterocycles. The zero-order valence-corrected chi connectivity index (χ0v) is 22.2. The number of nitrogens with zero attached hydrogens (tertiary/aromatic N) is 1. The van der Waals surface area contributed by atoms with Gasteiger partial charge in [-0.2, -0.15) is 0 Å². The zero-order chi connectivity index (χ0) is 25.1. The maximum Gasteiger partial charge on any atom is 0.231 e. The number of alkyl halides is 2. The van der Waals surface area contributed by atoms with Crippen LogP contribution in [0.5, 0.6) is 0 Å². The highest BCUT2D eigenvalue weighted by atomic mass is 35.5. The third-order valence-electron chi connectivity index (χ3n) is 6.78. The van der Waals surface area contributed by atoms with Gasteiger partial charge in [0, 0.05) is 58.6 Å². The molecule has 2 amide bonds. The summed E-state index contributed by atoms with van der Waals surface area (Å²) < 4.78 is -1.31. The summed E-state index contributed by atoms with van der Waals surface area (Å²) in [5.74, 6) is -1.21. The monoisotopic (exact) mass is 572 g/mol. The molecule has 35 heavy (non-hydrogen) atoms. The molecule has 184 valence electrons. The van der Waals surface area contributed by atoms with Crippen LogP contribution in [0.4, 0.5) is 5.69 Å². The van der Waals surface area contributed by atoms with Crippen molar-refractivity contribution in [2.24, 2.45) is 17.8 Å². The first kappa shape index (κ1) is 25.2. The Morgan fingerprint density at radius 2 is 1.63 bits per heavy atom. The first-order chi connectivity index (χ1) is 16.5. The summed E-state index contributed by atoms with van der Waals surface area (Å²) in [6.07, 6.45) is 2.23. The van der Waals surface area contributed by atoms with Crippen molar-refractivity contribution in [3.05, 3.63) is 62.6 Å². The van der Waals surface area contributed by atoms with E-state index in [1.165, 1.54) is 0 Å². The third-order valence-corrected chi connectivity index (χ3v) is 8.49. The first-order valence-electron chi connectivity index (χ1n) is 11.3. The number of amides is 2. The second-order valence-corrected chi connectivity index (χ2v) is 12.3. The summed E-state index contributed by atoms with van der Waals surface area (Å²) in [5.41, 5.74) is 1.42. The highest BCUT2D eigenvalue weighted by Crippen LogP contribution is 2.65. The van der Waals surface area contributed by atoms with E-state index in [4.69, 9.17) is 58.0 Å². The van der Waals surface area contributed by atoms with Crippen LogP contribution in [0.25, 0.3) is 0 Å². The van der Waals surface area contributed by atoms with Gasteiger partial charge in [-0.25, -0.2) is 0 Å². The second kappa shape index (κ2) is 9.42. The van der Waals surface area contributed by atoms with Crippen molar-refractivity contribution in [2.75, 3.05) is 18.4 Å². The van der Waals surface area contributed by atoms with Crippen LogP contribution < -0.4 is 5.32 Å². The number of hydrogen-bond acceptors (Lipinski definition) is 3. The van der Waals surface area contributed by atoms with Crippen molar-refractivity contribution in [1.82, 2.24) is 4.90 Å². The number of rotatable bonds is 7. The molecule has 2 saturated carbocycles. The van der Waals surface area contributed by atoms with E-state index in [1.807, 2.05) is 4.90 Å². The summed E-state index contributed by atoms with van der Waals surface area (Å²) in [5, 5.41) is 3.95. The molecule has 2 atom stereocenters. The minimum Gasteiger partial charge on any atom is -0.342 e. The number of carbonyl (C=O) groups is 3. The topological polar surface area (TPSA) is 66.5 Å². The van der Waals surface area contributed by atoms with Gasteiger partial charge in [-0.3, -0.25) is 14.4 Å². The van der Waals surface area contributed by atoms with Crippen molar-refractivity contribution < 1.29 is 14.4 Å². The fraction of sp³-hybridized carbons (Fsp3) is 0.400. The van der Waals surface area contributed by atoms with Crippen molar-refractivity contribution >= 4 is 81.3 Å². The Kier molecular flexibility index (Phi) is 6.77. The maximum absolute atomic E-state index is 13.0. The highest BCUT2D eigenvalue weighted by Gasteiger charge is 2.67. The molecular formula is C25H21Cl5N2O3. The van der Waals surface area contributed by atoms with Crippen LogP contribution >= 0.6 is 58.0 Å². The number of benzene rings is 2. The summed E-state index contributed by atoms with van der Waals surface area (Å²) in [7, 11) is 0. The molecule has 2 aromatic carbocycles. The van der Waals surface area contributed by atoms with Gasteiger partial charge in [0.15, 0.2) is 5.78 Å². The van der Waals surface area contributed by atoms with Gasteiger partial charge in [-0.05, 0) is 54.8 Å². The van der Waals surface area contributed by atoms with Crippen LogP contribution in [0.3, 0.4) is 0 Å². The van der Waals surface area contributed by atoms with Crippen LogP contribution in [-0.2, 0) is 9.59 Å². The largest absolute Gasteiger partial charge is 0.342 e. The Morgan fingerprint density at radius 1 is 0.971 bits per heavy atom. The van der Waals surface area contributed by atoms with Crippen LogP contribution in [0.2, 0.25) is 15.1 Å². The minimum absolute atomic E-state index is 0.115. The normalized spacial score (nSPS) is 22.9. The lowest BCUT2D eigenvalue weighted by Crippen LogP contribution is -2.51. The molecule has 0 bridgehead atoms. The van der Waals surface area contributed by atoms with Gasteiger partial charge in [0.05, 0.1) is 10.9 Å². The molecule has 5 rings (SSSR count). The van der Waals surface area contributed by atoms with E-state index in [1.54, 1.807) is 36.4 Å². The second-order valence-electron chi connectivity index (χ2n) is 9.53. The van der Waals surface area contributed by atoms with E-state index in [9.17, 15) is 14.4 Å². The number of ketones is 1. The van der Waals surface area contributed by atoms with E-state index < -0.39 is 16.2 Å². The number of halogens is 5. The molecular weight excluding hydrogens is 554 g/mol. The van der Waals surface area contributed by atoms with E-state index in [0.717, 1.165) is 12.8 Å². The SMILES string of the molecule is O=C(CC1CN(C(=O)C2CC2)C1)c1cc(NC(=O)C2C(c3cc(Cl)cc(Cl)c3)C2(Cl)Cl)ccc1Cl. The number of Topliss-reactive ketones (excluding diaryl/α,β-unsaturated/α-hetero) is 1. The molecule has 2 aliphatic carbocycles. The standard InChI is InChI=1S/C25H21Cl5N2O3/c26-15-6-14(7-16(27)8-15)21-22(25(21,29)30)23(34)31-17-3-4-19(28)18(9-17)20(33)5-12-10-32(11-12)24(35)13-1-2-13/h3-4,6-9,12-13,21-22H,1-2,5,10-11H2,(H,31,34). The van der Waals surface area contributed by atoms with Gasteiger partial charge >= 0.3 is 0 Å². The quantitative estimate of drug-likeness (QED) is 0.299. The molecule has 1 aliphatic heterocycles. The molecule has 1 saturated heterocycles. The fourth-order valence-electron chi connectivity index (χ4n) is 4.70. The van der Waals surface area contributed by atoms with Crippen LogP contribution in [0, 0.1) is 17.8 Å². The van der Waals surface area contributed by atoms with Crippen LogP contribution in [0.1, 0.15) is 41.1 Å². The predicted octanol–water partition coefficient (Wildman–Crippen LogP) is 6.61. The Labute approximate surface area is 228 Å². The predicted molar refractivity (Wildman–Crippen MR) is 139 cm³/mol. The lowest BCUT2D eigenvalue weighted by atomic mass is 9.91. The number of hydrogen-bond donors (Lipinski definition) is 1. The molecule has 0 aromatic heterocycles. The van der Waals surface area contributed by atoms with Crippen molar-refractivity contribution in [1.29, 1.82) is 0 Å². The molecule has 1 N–H and O–H groups in total.